The van der Waals surface area contributed by atoms with E-state index in [0.29, 0.717) is 29.5 Å². The Morgan fingerprint density at radius 2 is 1.82 bits per heavy atom. The van der Waals surface area contributed by atoms with Gasteiger partial charge in [0.25, 0.3) is 5.92 Å². The second-order valence-electron chi connectivity index (χ2n) is 7.54. The zero-order valence-electron chi connectivity index (χ0n) is 18.1. The number of nitrogens with one attached hydrogen (secondary N) is 1. The lowest BCUT2D eigenvalue weighted by Crippen LogP contribution is -2.40. The first kappa shape index (κ1) is 24.9. The monoisotopic (exact) mass is 483 g/mol. The minimum atomic E-state index is -4.40. The molecule has 1 fully saturated rings. The average molecular weight is 483 g/mol. The lowest BCUT2D eigenvalue weighted by Gasteiger charge is -2.32. The van der Waals surface area contributed by atoms with Crippen molar-refractivity contribution in [3.8, 4) is 0 Å². The lowest BCUT2D eigenvalue weighted by molar-refractivity contribution is -0.138. The van der Waals surface area contributed by atoms with Crippen molar-refractivity contribution >= 4 is 34.5 Å². The smallest absolute Gasteiger partial charge is 0.368 e. The standard InChI is InChI=1S/C16H18F2N4O.C5H4F3N3/c1-3-14(23)19-11-4-5-13-12(10-11)20-15(21(13)2)22-8-6-16(17,18)7-9-22;6-5(7,8)3-1-10-4(9)11-2-3/h3-5,10H,1,6-9H2,2H3,(H,19,23);1-2H,(H2,9,10,11). The normalized spacial score (nSPS) is 15.4. The Balaban J connectivity index is 0.000000248. The van der Waals surface area contributed by atoms with E-state index in [-0.39, 0.29) is 37.8 Å². The Kier molecular flexibility index (Phi) is 7.03. The third kappa shape index (κ3) is 5.97. The summed E-state index contributed by atoms with van der Waals surface area (Å²) in [6.07, 6.45) is -2.23. The van der Waals surface area contributed by atoms with Gasteiger partial charge >= 0.3 is 6.18 Å². The number of nitrogens with two attached hydrogens (primary N) is 1. The molecule has 1 amide bonds. The van der Waals surface area contributed by atoms with Gasteiger partial charge in [-0.2, -0.15) is 13.2 Å². The number of nitrogen functional groups attached to an aromatic ring is 1. The number of carbonyl (C=O) groups is 1. The number of carbonyl (C=O) groups excluding carboxylic acids is 1. The SMILES string of the molecule is C=CC(=O)Nc1ccc2c(c1)nc(N1CCC(F)(F)CC1)n2C.Nc1ncc(C(F)(F)F)cn1. The summed E-state index contributed by atoms with van der Waals surface area (Å²) in [6.45, 7) is 3.97. The first-order valence-electron chi connectivity index (χ1n) is 10.1. The van der Waals surface area contributed by atoms with Crippen LogP contribution in [0.3, 0.4) is 0 Å². The van der Waals surface area contributed by atoms with Gasteiger partial charge in [0.15, 0.2) is 0 Å². The van der Waals surface area contributed by atoms with E-state index in [1.165, 1.54) is 6.08 Å². The lowest BCUT2D eigenvalue weighted by atomic mass is 10.1. The van der Waals surface area contributed by atoms with E-state index in [0.717, 1.165) is 5.52 Å². The van der Waals surface area contributed by atoms with Crippen molar-refractivity contribution in [2.24, 2.45) is 7.05 Å². The number of fused-ring (bicyclic) bond motifs is 1. The van der Waals surface area contributed by atoms with Crippen LogP contribution in [0.25, 0.3) is 11.0 Å². The molecule has 1 aliphatic rings. The summed E-state index contributed by atoms with van der Waals surface area (Å²) in [5.74, 6) is -2.37. The van der Waals surface area contributed by atoms with Crippen LogP contribution in [0, 0.1) is 0 Å². The van der Waals surface area contributed by atoms with E-state index in [1.54, 1.807) is 12.1 Å². The summed E-state index contributed by atoms with van der Waals surface area (Å²) in [5, 5.41) is 2.68. The number of halogens is 5. The Bertz CT molecular complexity index is 1160. The fourth-order valence-electron chi connectivity index (χ4n) is 3.26. The zero-order valence-corrected chi connectivity index (χ0v) is 18.1. The predicted octanol–water partition coefficient (Wildman–Crippen LogP) is 4.01. The van der Waals surface area contributed by atoms with Gasteiger partial charge in [-0.1, -0.05) is 6.58 Å². The third-order valence-corrected chi connectivity index (χ3v) is 5.09. The van der Waals surface area contributed by atoms with E-state index in [4.69, 9.17) is 5.73 Å². The maximum Gasteiger partial charge on any atom is 0.419 e. The number of alkyl halides is 5. The van der Waals surface area contributed by atoms with Crippen LogP contribution in [-0.4, -0.2) is 44.4 Å². The van der Waals surface area contributed by atoms with Crippen molar-refractivity contribution in [3.63, 3.8) is 0 Å². The van der Waals surface area contributed by atoms with Crippen molar-refractivity contribution in [2.45, 2.75) is 24.9 Å². The Hall–Kier alpha value is -3.77. The molecule has 0 saturated carbocycles. The molecule has 0 atom stereocenters. The second kappa shape index (κ2) is 9.61. The number of piperidine rings is 1. The number of imidazole rings is 1. The number of nitrogens with zero attached hydrogens (tertiary/aromatic N) is 5. The largest absolute Gasteiger partial charge is 0.419 e. The van der Waals surface area contributed by atoms with Crippen molar-refractivity contribution < 1.29 is 26.7 Å². The van der Waals surface area contributed by atoms with Crippen molar-refractivity contribution in [1.82, 2.24) is 19.5 Å². The van der Waals surface area contributed by atoms with Crippen LogP contribution >= 0.6 is 0 Å². The summed E-state index contributed by atoms with van der Waals surface area (Å²) in [4.78, 5) is 24.2. The summed E-state index contributed by atoms with van der Waals surface area (Å²) < 4.78 is 63.9. The molecular formula is C21H22F5N7O. The predicted molar refractivity (Wildman–Crippen MR) is 117 cm³/mol. The van der Waals surface area contributed by atoms with Crippen molar-refractivity contribution in [3.05, 3.63) is 48.8 Å². The van der Waals surface area contributed by atoms with E-state index in [2.05, 4.69) is 26.8 Å². The minimum Gasteiger partial charge on any atom is -0.368 e. The Labute approximate surface area is 191 Å². The molecule has 4 rings (SSSR count). The highest BCUT2D eigenvalue weighted by Crippen LogP contribution is 2.32. The molecule has 8 nitrogen and oxygen atoms in total. The molecule has 0 spiro atoms. The number of amides is 1. The van der Waals surface area contributed by atoms with Gasteiger partial charge in [-0.25, -0.2) is 23.7 Å². The second-order valence-corrected chi connectivity index (χ2v) is 7.54. The molecule has 1 aromatic carbocycles. The first-order valence-corrected chi connectivity index (χ1v) is 10.1. The number of aromatic nitrogens is 4. The number of hydrogen-bond donors (Lipinski definition) is 2. The maximum absolute atomic E-state index is 13.3. The third-order valence-electron chi connectivity index (χ3n) is 5.09. The Morgan fingerprint density at radius 1 is 1.21 bits per heavy atom. The van der Waals surface area contributed by atoms with Crippen LogP contribution in [0.1, 0.15) is 18.4 Å². The molecule has 1 saturated heterocycles. The van der Waals surface area contributed by atoms with E-state index in [1.807, 2.05) is 22.6 Å². The number of rotatable bonds is 3. The van der Waals surface area contributed by atoms with Gasteiger partial charge in [-0.15, -0.1) is 0 Å². The van der Waals surface area contributed by atoms with Crippen LogP contribution < -0.4 is 16.0 Å². The van der Waals surface area contributed by atoms with Gasteiger partial charge < -0.3 is 20.5 Å². The highest BCUT2D eigenvalue weighted by Gasteiger charge is 2.35. The highest BCUT2D eigenvalue weighted by molar-refractivity contribution is 6.00. The van der Waals surface area contributed by atoms with Gasteiger partial charge in [0.05, 0.1) is 16.6 Å². The molecule has 34 heavy (non-hydrogen) atoms. The Morgan fingerprint density at radius 3 is 2.38 bits per heavy atom. The van der Waals surface area contributed by atoms with Gasteiger partial charge in [0.2, 0.25) is 17.8 Å². The molecule has 0 unspecified atom stereocenters. The molecule has 182 valence electrons. The van der Waals surface area contributed by atoms with Gasteiger partial charge in [0.1, 0.15) is 0 Å². The van der Waals surface area contributed by atoms with Gasteiger partial charge in [-0.3, -0.25) is 4.79 Å². The quantitative estimate of drug-likeness (QED) is 0.431. The fraction of sp³-hybridized carbons (Fsp3) is 0.333. The minimum absolute atomic E-state index is 0.156. The summed E-state index contributed by atoms with van der Waals surface area (Å²) >= 11 is 0. The molecule has 13 heteroatoms. The van der Waals surface area contributed by atoms with Crippen LogP contribution in [0.4, 0.5) is 39.5 Å². The fourth-order valence-corrected chi connectivity index (χ4v) is 3.26. The molecule has 0 radical (unpaired) electrons. The maximum atomic E-state index is 13.3. The summed E-state index contributed by atoms with van der Waals surface area (Å²) in [7, 11) is 1.86. The molecule has 2 aromatic heterocycles. The molecule has 0 aliphatic carbocycles. The number of anilines is 3. The first-order chi connectivity index (χ1) is 15.9. The van der Waals surface area contributed by atoms with Gasteiger partial charge in [-0.05, 0) is 24.3 Å². The van der Waals surface area contributed by atoms with Crippen LogP contribution in [0.15, 0.2) is 43.2 Å². The highest BCUT2D eigenvalue weighted by atomic mass is 19.4. The molecule has 3 heterocycles. The van der Waals surface area contributed by atoms with E-state index in [9.17, 15) is 26.7 Å². The number of hydrogen-bond acceptors (Lipinski definition) is 6. The van der Waals surface area contributed by atoms with Gasteiger partial charge in [0, 0.05) is 51.1 Å². The molecule has 1 aliphatic heterocycles. The van der Waals surface area contributed by atoms with Crippen LogP contribution in [-0.2, 0) is 18.0 Å². The summed E-state index contributed by atoms with van der Waals surface area (Å²) in [5.41, 5.74) is 6.30. The van der Waals surface area contributed by atoms with E-state index < -0.39 is 17.7 Å². The molecule has 3 aromatic rings. The molecular weight excluding hydrogens is 461 g/mol. The van der Waals surface area contributed by atoms with Crippen LogP contribution in [0.2, 0.25) is 0 Å². The zero-order chi connectivity index (χ0) is 25.1. The molecule has 0 bridgehead atoms. The van der Waals surface area contributed by atoms with Crippen molar-refractivity contribution in [2.75, 3.05) is 29.0 Å². The number of aryl methyl sites for hydroxylation is 1. The van der Waals surface area contributed by atoms with E-state index >= 15 is 0 Å². The number of benzene rings is 1. The topological polar surface area (TPSA) is 102 Å². The summed E-state index contributed by atoms with van der Waals surface area (Å²) in [6, 6.07) is 5.39. The van der Waals surface area contributed by atoms with Crippen molar-refractivity contribution in [1.29, 1.82) is 0 Å². The molecule has 3 N–H and O–H groups in total. The average Bonchev–Trinajstić information content (AvgIpc) is 3.09. The van der Waals surface area contributed by atoms with Crippen LogP contribution in [0.5, 0.6) is 0 Å².